The Balaban J connectivity index is 2.24. The molecule has 1 N–H and O–H groups in total. The summed E-state index contributed by atoms with van der Waals surface area (Å²) in [5, 5.41) is 9.42. The van der Waals surface area contributed by atoms with Gasteiger partial charge in [-0.25, -0.2) is 4.57 Å². The van der Waals surface area contributed by atoms with Crippen molar-refractivity contribution < 1.29 is 23.2 Å². The van der Waals surface area contributed by atoms with E-state index in [1.54, 1.807) is 24.3 Å². The highest BCUT2D eigenvalue weighted by molar-refractivity contribution is 7.48. The second-order valence-corrected chi connectivity index (χ2v) is 7.41. The van der Waals surface area contributed by atoms with Crippen molar-refractivity contribution in [2.75, 3.05) is 14.2 Å². The predicted molar refractivity (Wildman–Crippen MR) is 88.9 cm³/mol. The number of phosphoric ester groups is 1. The lowest BCUT2D eigenvalue weighted by Crippen LogP contribution is -2.18. The first-order chi connectivity index (χ1) is 10.8. The van der Waals surface area contributed by atoms with Crippen molar-refractivity contribution >= 4 is 7.82 Å². The number of hydrogen-bond donors (Lipinski definition) is 1. The minimum Gasteiger partial charge on any atom is -0.508 e. The number of hydrogen-bond acceptors (Lipinski definition) is 5. The van der Waals surface area contributed by atoms with Gasteiger partial charge >= 0.3 is 7.82 Å². The van der Waals surface area contributed by atoms with Crippen molar-refractivity contribution in [2.45, 2.75) is 19.3 Å². The fourth-order valence-corrected chi connectivity index (χ4v) is 2.93. The highest BCUT2D eigenvalue weighted by atomic mass is 31.2. The minimum atomic E-state index is -3.55. The Bertz CT molecular complexity index is 684. The van der Waals surface area contributed by atoms with Crippen molar-refractivity contribution in [3.8, 4) is 11.5 Å². The average Bonchev–Trinajstić information content (AvgIpc) is 2.55. The summed E-state index contributed by atoms with van der Waals surface area (Å²) in [4.78, 5) is 0. The van der Waals surface area contributed by atoms with E-state index in [0.29, 0.717) is 5.75 Å². The zero-order valence-corrected chi connectivity index (χ0v) is 14.5. The summed E-state index contributed by atoms with van der Waals surface area (Å²) >= 11 is 0. The Labute approximate surface area is 136 Å². The number of phenolic OH excluding ortho intramolecular Hbond substituents is 1. The quantitative estimate of drug-likeness (QED) is 0.787. The van der Waals surface area contributed by atoms with Crippen LogP contribution in [0.15, 0.2) is 48.5 Å². The Kier molecular flexibility index (Phi) is 5.15. The van der Waals surface area contributed by atoms with Crippen LogP contribution in [-0.2, 0) is 19.0 Å². The van der Waals surface area contributed by atoms with Crippen molar-refractivity contribution in [1.82, 2.24) is 0 Å². The van der Waals surface area contributed by atoms with Gasteiger partial charge in [0, 0.05) is 19.6 Å². The van der Waals surface area contributed by atoms with E-state index in [4.69, 9.17) is 13.6 Å². The van der Waals surface area contributed by atoms with Gasteiger partial charge in [0.15, 0.2) is 0 Å². The molecule has 0 fully saturated rings. The van der Waals surface area contributed by atoms with Crippen LogP contribution in [-0.4, -0.2) is 19.3 Å². The van der Waals surface area contributed by atoms with Gasteiger partial charge < -0.3 is 9.63 Å². The number of phosphoric acid groups is 1. The van der Waals surface area contributed by atoms with Gasteiger partial charge in [0.05, 0.1) is 0 Å². The van der Waals surface area contributed by atoms with Gasteiger partial charge in [-0.15, -0.1) is 0 Å². The molecular formula is C17H21O5P. The molecule has 6 heteroatoms. The molecule has 0 bridgehead atoms. The van der Waals surface area contributed by atoms with Crippen LogP contribution in [0.5, 0.6) is 11.5 Å². The summed E-state index contributed by atoms with van der Waals surface area (Å²) in [6, 6.07) is 14.4. The molecule has 0 heterocycles. The zero-order chi connectivity index (χ0) is 17.1. The molecule has 2 aromatic carbocycles. The van der Waals surface area contributed by atoms with Crippen molar-refractivity contribution in [3.63, 3.8) is 0 Å². The van der Waals surface area contributed by atoms with Crippen molar-refractivity contribution in [2.24, 2.45) is 0 Å². The molecule has 0 saturated carbocycles. The molecule has 0 atom stereocenters. The van der Waals surface area contributed by atoms with E-state index in [-0.39, 0.29) is 11.2 Å². The van der Waals surface area contributed by atoms with Crippen LogP contribution in [0.4, 0.5) is 0 Å². The van der Waals surface area contributed by atoms with Crippen LogP contribution in [0.3, 0.4) is 0 Å². The third-order valence-electron chi connectivity index (χ3n) is 3.83. The summed E-state index contributed by atoms with van der Waals surface area (Å²) in [6.07, 6.45) is 0. The van der Waals surface area contributed by atoms with E-state index in [9.17, 15) is 9.67 Å². The second-order valence-electron chi connectivity index (χ2n) is 5.60. The lowest BCUT2D eigenvalue weighted by Gasteiger charge is -2.26. The molecule has 2 rings (SSSR count). The minimum absolute atomic E-state index is 0.239. The molecule has 0 aliphatic carbocycles. The van der Waals surface area contributed by atoms with Crippen molar-refractivity contribution in [3.05, 3.63) is 59.7 Å². The number of benzene rings is 2. The molecule has 5 nitrogen and oxygen atoms in total. The smallest absolute Gasteiger partial charge is 0.508 e. The monoisotopic (exact) mass is 336 g/mol. The maximum atomic E-state index is 12.0. The molecule has 0 aliphatic heterocycles. The SMILES string of the molecule is COP(=O)(OC)Oc1ccc(C(C)(C)c2ccc(O)cc2)cc1. The summed E-state index contributed by atoms with van der Waals surface area (Å²) < 4.78 is 26.7. The molecule has 0 aliphatic rings. The predicted octanol–water partition coefficient (Wildman–Crippen LogP) is 4.50. The van der Waals surface area contributed by atoms with Gasteiger partial charge in [-0.05, 0) is 35.4 Å². The molecule has 0 radical (unpaired) electrons. The Hall–Kier alpha value is -1.81. The topological polar surface area (TPSA) is 65.0 Å². The van der Waals surface area contributed by atoms with E-state index in [1.807, 2.05) is 24.3 Å². The highest BCUT2D eigenvalue weighted by Crippen LogP contribution is 2.48. The van der Waals surface area contributed by atoms with Crippen LogP contribution in [0, 0.1) is 0 Å². The van der Waals surface area contributed by atoms with Gasteiger partial charge in [0.1, 0.15) is 11.5 Å². The maximum Gasteiger partial charge on any atom is 0.529 e. The molecule has 124 valence electrons. The number of aromatic hydroxyl groups is 1. The number of rotatable bonds is 6. The van der Waals surface area contributed by atoms with Crippen LogP contribution in [0.1, 0.15) is 25.0 Å². The van der Waals surface area contributed by atoms with Crippen LogP contribution in [0.2, 0.25) is 0 Å². The van der Waals surface area contributed by atoms with Gasteiger partial charge in [-0.3, -0.25) is 9.05 Å². The normalized spacial score (nSPS) is 12.2. The van der Waals surface area contributed by atoms with E-state index < -0.39 is 7.82 Å². The summed E-state index contributed by atoms with van der Waals surface area (Å²) in [6.45, 7) is 4.18. The Morgan fingerprint density at radius 3 is 1.74 bits per heavy atom. The van der Waals surface area contributed by atoms with Crippen LogP contribution >= 0.6 is 7.82 Å². The fraction of sp³-hybridized carbons (Fsp3) is 0.294. The first kappa shape index (κ1) is 17.5. The maximum absolute atomic E-state index is 12.0. The first-order valence-corrected chi connectivity index (χ1v) is 8.58. The second kappa shape index (κ2) is 6.75. The first-order valence-electron chi connectivity index (χ1n) is 7.12. The van der Waals surface area contributed by atoms with E-state index in [0.717, 1.165) is 11.1 Å². The lowest BCUT2D eigenvalue weighted by molar-refractivity contribution is 0.211. The molecule has 0 saturated heterocycles. The molecule has 0 spiro atoms. The third-order valence-corrected chi connectivity index (χ3v) is 5.16. The molecule has 0 unspecified atom stereocenters. The Morgan fingerprint density at radius 2 is 1.30 bits per heavy atom. The summed E-state index contributed by atoms with van der Waals surface area (Å²) in [7, 11) is -1.01. The molecule has 2 aromatic rings. The van der Waals surface area contributed by atoms with Gasteiger partial charge in [-0.2, -0.15) is 0 Å². The fourth-order valence-electron chi connectivity index (χ4n) is 2.26. The van der Waals surface area contributed by atoms with Gasteiger partial charge in [0.2, 0.25) is 0 Å². The summed E-state index contributed by atoms with van der Waals surface area (Å²) in [5.41, 5.74) is 1.88. The molecule has 0 aromatic heterocycles. The van der Waals surface area contributed by atoms with Crippen molar-refractivity contribution in [1.29, 1.82) is 0 Å². The standard InChI is InChI=1S/C17H21O5P/c1-17(2,13-5-9-15(18)10-6-13)14-7-11-16(12-8-14)22-23(19,20-3)21-4/h5-12,18H,1-4H3. The van der Waals surface area contributed by atoms with Gasteiger partial charge in [-0.1, -0.05) is 38.1 Å². The average molecular weight is 336 g/mol. The van der Waals surface area contributed by atoms with Gasteiger partial charge in [0.25, 0.3) is 0 Å². The van der Waals surface area contributed by atoms with Crippen LogP contribution in [0.25, 0.3) is 0 Å². The summed E-state index contributed by atoms with van der Waals surface area (Å²) in [5.74, 6) is 0.644. The van der Waals surface area contributed by atoms with Crippen LogP contribution < -0.4 is 4.52 Å². The highest BCUT2D eigenvalue weighted by Gasteiger charge is 2.26. The molecular weight excluding hydrogens is 315 g/mol. The zero-order valence-electron chi connectivity index (χ0n) is 13.6. The number of phenols is 1. The molecule has 0 amide bonds. The van der Waals surface area contributed by atoms with E-state index >= 15 is 0 Å². The Morgan fingerprint density at radius 1 is 0.870 bits per heavy atom. The lowest BCUT2D eigenvalue weighted by atomic mass is 9.78. The third kappa shape index (κ3) is 3.94. The largest absolute Gasteiger partial charge is 0.529 e. The molecule has 23 heavy (non-hydrogen) atoms. The van der Waals surface area contributed by atoms with E-state index in [2.05, 4.69) is 13.8 Å². The van der Waals surface area contributed by atoms with E-state index in [1.165, 1.54) is 14.2 Å².